The lowest BCUT2D eigenvalue weighted by molar-refractivity contribution is -0.122. The topological polar surface area (TPSA) is 78.8 Å². The third-order valence-corrected chi connectivity index (χ3v) is 5.92. The molecule has 1 atom stereocenters. The minimum Gasteiger partial charge on any atom is -0.349 e. The lowest BCUT2D eigenvalue weighted by Gasteiger charge is -2.24. The molecule has 2 aromatic carbocycles. The van der Waals surface area contributed by atoms with Crippen molar-refractivity contribution in [1.82, 2.24) is 10.2 Å². The summed E-state index contributed by atoms with van der Waals surface area (Å²) in [5.74, 6) is 0.534. The third-order valence-electron chi connectivity index (χ3n) is 4.60. The lowest BCUT2D eigenvalue weighted by Crippen LogP contribution is -2.40. The van der Waals surface area contributed by atoms with E-state index in [1.54, 1.807) is 30.1 Å². The predicted octanol–water partition coefficient (Wildman–Crippen LogP) is 2.97. The fourth-order valence-electron chi connectivity index (χ4n) is 3.33. The molecular formula is C21H25N3O3S. The molecule has 0 bridgehead atoms. The average Bonchev–Trinajstić information content (AvgIpc) is 2.93. The first kappa shape index (κ1) is 20.1. The van der Waals surface area contributed by atoms with Crippen LogP contribution in [-0.4, -0.2) is 38.7 Å². The molecule has 1 aliphatic rings. The number of rotatable bonds is 6. The summed E-state index contributed by atoms with van der Waals surface area (Å²) < 4.78 is 28.3. The van der Waals surface area contributed by atoms with E-state index in [1.807, 2.05) is 30.3 Å². The molecule has 28 heavy (non-hydrogen) atoms. The number of sulfonamides is 1. The number of amides is 1. The van der Waals surface area contributed by atoms with E-state index >= 15 is 0 Å². The standard InChI is InChI=1S/C21H25N3O3S/c1-15(2)13-18(16-9-5-4-6-10-16)22-20(25)14-24(3)21-17-11-7-8-12-19(17)28(26,27)23-21/h4-12,15,18H,13-14H2,1-3H3,(H,22,25). The fourth-order valence-corrected chi connectivity index (χ4v) is 4.58. The summed E-state index contributed by atoms with van der Waals surface area (Å²) in [6.07, 6.45) is 0.817. The number of hydrogen-bond acceptors (Lipinski definition) is 4. The highest BCUT2D eigenvalue weighted by Crippen LogP contribution is 2.27. The molecule has 0 saturated heterocycles. The summed E-state index contributed by atoms with van der Waals surface area (Å²) in [6.45, 7) is 4.25. The first-order valence-electron chi connectivity index (χ1n) is 9.27. The highest BCUT2D eigenvalue weighted by molar-refractivity contribution is 7.90. The van der Waals surface area contributed by atoms with Crippen molar-refractivity contribution in [3.8, 4) is 0 Å². The van der Waals surface area contributed by atoms with Gasteiger partial charge in [0.25, 0.3) is 10.0 Å². The van der Waals surface area contributed by atoms with E-state index in [9.17, 15) is 13.2 Å². The number of fused-ring (bicyclic) bond motifs is 1. The molecular weight excluding hydrogens is 374 g/mol. The monoisotopic (exact) mass is 399 g/mol. The average molecular weight is 400 g/mol. The van der Waals surface area contributed by atoms with Crippen LogP contribution in [0.1, 0.15) is 37.4 Å². The number of nitrogens with zero attached hydrogens (tertiary/aromatic N) is 2. The first-order chi connectivity index (χ1) is 13.3. The number of carbonyl (C=O) groups excluding carboxylic acids is 1. The van der Waals surface area contributed by atoms with Gasteiger partial charge in [-0.3, -0.25) is 4.79 Å². The minimum atomic E-state index is -3.70. The maximum Gasteiger partial charge on any atom is 0.285 e. The zero-order valence-corrected chi connectivity index (χ0v) is 17.1. The first-order valence-corrected chi connectivity index (χ1v) is 10.7. The van der Waals surface area contributed by atoms with Crippen LogP contribution in [0.2, 0.25) is 0 Å². The minimum absolute atomic E-state index is 0.0180. The molecule has 1 unspecified atom stereocenters. The molecule has 2 aromatic rings. The van der Waals surface area contributed by atoms with Crippen LogP contribution in [0, 0.1) is 5.92 Å². The summed E-state index contributed by atoms with van der Waals surface area (Å²) in [5.41, 5.74) is 1.58. The molecule has 6 nitrogen and oxygen atoms in total. The maximum absolute atomic E-state index is 12.7. The number of amidine groups is 1. The number of hydrogen-bond donors (Lipinski definition) is 1. The summed E-state index contributed by atoms with van der Waals surface area (Å²) in [4.78, 5) is 14.5. The Labute approximate surface area is 166 Å². The van der Waals surface area contributed by atoms with Gasteiger partial charge in [0.15, 0.2) is 5.84 Å². The molecule has 0 fully saturated rings. The van der Waals surface area contributed by atoms with Gasteiger partial charge >= 0.3 is 0 Å². The van der Waals surface area contributed by atoms with Crippen LogP contribution in [-0.2, 0) is 14.8 Å². The van der Waals surface area contributed by atoms with Crippen molar-refractivity contribution in [2.24, 2.45) is 10.3 Å². The van der Waals surface area contributed by atoms with E-state index in [-0.39, 0.29) is 23.4 Å². The second-order valence-corrected chi connectivity index (χ2v) is 8.98. The fraction of sp³-hybridized carbons (Fsp3) is 0.333. The van der Waals surface area contributed by atoms with Crippen LogP contribution in [0.3, 0.4) is 0 Å². The van der Waals surface area contributed by atoms with Crippen LogP contribution in [0.25, 0.3) is 0 Å². The van der Waals surface area contributed by atoms with Crippen LogP contribution in [0.5, 0.6) is 0 Å². The largest absolute Gasteiger partial charge is 0.349 e. The lowest BCUT2D eigenvalue weighted by atomic mass is 9.97. The molecule has 1 N–H and O–H groups in total. The summed E-state index contributed by atoms with van der Waals surface area (Å²) >= 11 is 0. The number of benzene rings is 2. The van der Waals surface area contributed by atoms with Gasteiger partial charge in [0.1, 0.15) is 4.90 Å². The highest BCUT2D eigenvalue weighted by atomic mass is 32.2. The molecule has 1 heterocycles. The smallest absolute Gasteiger partial charge is 0.285 e. The Morgan fingerprint density at radius 1 is 1.07 bits per heavy atom. The van der Waals surface area contributed by atoms with Gasteiger partial charge in [-0.1, -0.05) is 56.3 Å². The Bertz CT molecular complexity index is 985. The van der Waals surface area contributed by atoms with Gasteiger partial charge in [-0.2, -0.15) is 8.42 Å². The van der Waals surface area contributed by atoms with Crippen molar-refractivity contribution < 1.29 is 13.2 Å². The van der Waals surface area contributed by atoms with E-state index in [1.165, 1.54) is 6.07 Å². The molecule has 0 radical (unpaired) electrons. The van der Waals surface area contributed by atoms with Gasteiger partial charge in [-0.05, 0) is 30.0 Å². The van der Waals surface area contributed by atoms with Gasteiger partial charge in [-0.25, -0.2) is 0 Å². The predicted molar refractivity (Wildman–Crippen MR) is 110 cm³/mol. The Morgan fingerprint density at radius 2 is 1.71 bits per heavy atom. The number of nitrogens with one attached hydrogen (secondary N) is 1. The Hall–Kier alpha value is -2.67. The van der Waals surface area contributed by atoms with E-state index in [0.29, 0.717) is 17.3 Å². The highest BCUT2D eigenvalue weighted by Gasteiger charge is 2.31. The molecule has 1 amide bonds. The van der Waals surface area contributed by atoms with Crippen molar-refractivity contribution in [2.45, 2.75) is 31.2 Å². The van der Waals surface area contributed by atoms with Crippen LogP contribution in [0.15, 0.2) is 63.9 Å². The van der Waals surface area contributed by atoms with Crippen molar-refractivity contribution in [1.29, 1.82) is 0 Å². The number of carbonyl (C=O) groups is 1. The molecule has 1 aliphatic heterocycles. The second kappa shape index (κ2) is 8.14. The summed E-state index contributed by atoms with van der Waals surface area (Å²) in [7, 11) is -2.03. The van der Waals surface area contributed by atoms with E-state index in [4.69, 9.17) is 0 Å². The van der Waals surface area contributed by atoms with Gasteiger partial charge in [0.2, 0.25) is 5.91 Å². The van der Waals surface area contributed by atoms with Crippen molar-refractivity contribution in [3.05, 3.63) is 65.7 Å². The molecule has 3 rings (SSSR count). The Kier molecular flexibility index (Phi) is 5.84. The summed E-state index contributed by atoms with van der Waals surface area (Å²) in [5, 5.41) is 3.08. The summed E-state index contributed by atoms with van der Waals surface area (Å²) in [6, 6.07) is 16.4. The molecule has 148 valence electrons. The van der Waals surface area contributed by atoms with Crippen LogP contribution in [0.4, 0.5) is 0 Å². The quantitative estimate of drug-likeness (QED) is 0.810. The van der Waals surface area contributed by atoms with E-state index < -0.39 is 10.0 Å². The van der Waals surface area contributed by atoms with Gasteiger partial charge in [-0.15, -0.1) is 4.40 Å². The maximum atomic E-state index is 12.7. The zero-order valence-electron chi connectivity index (χ0n) is 16.3. The molecule has 0 aromatic heterocycles. The SMILES string of the molecule is CC(C)CC(NC(=O)CN(C)C1=NS(=O)(=O)c2ccccc21)c1ccccc1. The van der Waals surface area contributed by atoms with Gasteiger partial charge in [0, 0.05) is 12.6 Å². The van der Waals surface area contributed by atoms with Gasteiger partial charge < -0.3 is 10.2 Å². The van der Waals surface area contributed by atoms with Gasteiger partial charge in [0.05, 0.1) is 12.6 Å². The van der Waals surface area contributed by atoms with E-state index in [0.717, 1.165) is 12.0 Å². The normalized spacial score (nSPS) is 15.6. The van der Waals surface area contributed by atoms with Crippen LogP contribution < -0.4 is 5.32 Å². The number of likely N-dealkylation sites (N-methyl/N-ethyl adjacent to an activating group) is 1. The van der Waals surface area contributed by atoms with Crippen molar-refractivity contribution >= 4 is 21.8 Å². The second-order valence-electron chi connectivity index (χ2n) is 7.40. The zero-order chi connectivity index (χ0) is 20.3. The Balaban J connectivity index is 1.74. The van der Waals surface area contributed by atoms with Crippen molar-refractivity contribution in [2.75, 3.05) is 13.6 Å². The Morgan fingerprint density at radius 3 is 2.39 bits per heavy atom. The molecule has 0 spiro atoms. The molecule has 0 saturated carbocycles. The third kappa shape index (κ3) is 4.42. The van der Waals surface area contributed by atoms with E-state index in [2.05, 4.69) is 23.6 Å². The molecule has 0 aliphatic carbocycles. The molecule has 7 heteroatoms. The van der Waals surface area contributed by atoms with Crippen molar-refractivity contribution in [3.63, 3.8) is 0 Å². The van der Waals surface area contributed by atoms with Crippen LogP contribution >= 0.6 is 0 Å².